The lowest BCUT2D eigenvalue weighted by Gasteiger charge is -2.06. The number of hydrogen-bond acceptors (Lipinski definition) is 3. The van der Waals surface area contributed by atoms with Crippen molar-refractivity contribution in [1.82, 2.24) is 0 Å². The van der Waals surface area contributed by atoms with Crippen molar-refractivity contribution in [2.24, 2.45) is 0 Å². The van der Waals surface area contributed by atoms with E-state index in [-0.39, 0.29) is 12.4 Å². The first kappa shape index (κ1) is 12.1. The van der Waals surface area contributed by atoms with Gasteiger partial charge in [-0.3, -0.25) is 4.72 Å². The van der Waals surface area contributed by atoms with Crippen LogP contribution in [0.2, 0.25) is 0 Å². The SMILES string of the molecule is CS(=O)(=O)Nc1ccc2c(c1)NCC2.Cl. The van der Waals surface area contributed by atoms with E-state index in [1.165, 1.54) is 5.56 Å². The predicted molar refractivity (Wildman–Crippen MR) is 64.4 cm³/mol. The predicted octanol–water partition coefficient (Wildman–Crippen LogP) is 1.45. The van der Waals surface area contributed by atoms with Gasteiger partial charge in [0.2, 0.25) is 10.0 Å². The Morgan fingerprint density at radius 1 is 1.40 bits per heavy atom. The number of nitrogens with one attached hydrogen (secondary N) is 2. The normalized spacial score (nSPS) is 13.7. The lowest BCUT2D eigenvalue weighted by atomic mass is 10.1. The van der Waals surface area contributed by atoms with Gasteiger partial charge in [-0.05, 0) is 24.1 Å². The van der Waals surface area contributed by atoms with Gasteiger partial charge in [-0.1, -0.05) is 6.07 Å². The summed E-state index contributed by atoms with van der Waals surface area (Å²) < 4.78 is 24.4. The third-order valence-corrected chi connectivity index (χ3v) is 2.73. The molecule has 1 aliphatic rings. The first-order chi connectivity index (χ1) is 6.54. The zero-order chi connectivity index (χ0) is 10.2. The number of hydrogen-bond donors (Lipinski definition) is 2. The highest BCUT2D eigenvalue weighted by Crippen LogP contribution is 2.25. The fourth-order valence-electron chi connectivity index (χ4n) is 1.57. The molecule has 0 saturated heterocycles. The summed E-state index contributed by atoms with van der Waals surface area (Å²) in [5.74, 6) is 0. The summed E-state index contributed by atoms with van der Waals surface area (Å²) in [7, 11) is -3.17. The Morgan fingerprint density at radius 2 is 2.13 bits per heavy atom. The number of halogens is 1. The molecular weight excluding hydrogens is 236 g/mol. The van der Waals surface area contributed by atoms with Crippen LogP contribution in [0.15, 0.2) is 18.2 Å². The molecule has 0 bridgehead atoms. The lowest BCUT2D eigenvalue weighted by Crippen LogP contribution is -2.09. The second kappa shape index (κ2) is 4.28. The van der Waals surface area contributed by atoms with Crippen molar-refractivity contribution in [2.45, 2.75) is 6.42 Å². The molecule has 1 heterocycles. The number of fused-ring (bicyclic) bond motifs is 1. The first-order valence-electron chi connectivity index (χ1n) is 4.39. The quantitative estimate of drug-likeness (QED) is 0.833. The molecule has 0 fully saturated rings. The third-order valence-electron chi connectivity index (χ3n) is 2.12. The van der Waals surface area contributed by atoms with E-state index in [1.807, 2.05) is 12.1 Å². The Morgan fingerprint density at radius 3 is 2.80 bits per heavy atom. The maximum Gasteiger partial charge on any atom is 0.229 e. The summed E-state index contributed by atoms with van der Waals surface area (Å²) in [6, 6.07) is 5.55. The van der Waals surface area contributed by atoms with Crippen LogP contribution >= 0.6 is 12.4 Å². The average molecular weight is 249 g/mol. The van der Waals surface area contributed by atoms with Crippen molar-refractivity contribution in [2.75, 3.05) is 22.8 Å². The molecule has 2 N–H and O–H groups in total. The van der Waals surface area contributed by atoms with Crippen LogP contribution in [0.1, 0.15) is 5.56 Å². The third kappa shape index (κ3) is 3.00. The second-order valence-electron chi connectivity index (χ2n) is 3.42. The zero-order valence-corrected chi connectivity index (χ0v) is 9.91. The van der Waals surface area contributed by atoms with Crippen molar-refractivity contribution in [3.05, 3.63) is 23.8 Å². The minimum atomic E-state index is -3.17. The topological polar surface area (TPSA) is 58.2 Å². The van der Waals surface area contributed by atoms with Crippen LogP contribution in [0.3, 0.4) is 0 Å². The fourth-order valence-corrected chi connectivity index (χ4v) is 2.12. The maximum absolute atomic E-state index is 11.0. The lowest BCUT2D eigenvalue weighted by molar-refractivity contribution is 0.607. The van der Waals surface area contributed by atoms with E-state index in [9.17, 15) is 8.42 Å². The molecule has 0 unspecified atom stereocenters. The first-order valence-corrected chi connectivity index (χ1v) is 6.28. The highest BCUT2D eigenvalue weighted by molar-refractivity contribution is 7.92. The molecular formula is C9H13ClN2O2S. The summed E-state index contributed by atoms with van der Waals surface area (Å²) in [4.78, 5) is 0. The number of benzene rings is 1. The minimum absolute atomic E-state index is 0. The van der Waals surface area contributed by atoms with Gasteiger partial charge in [0.1, 0.15) is 0 Å². The molecule has 84 valence electrons. The summed E-state index contributed by atoms with van der Waals surface area (Å²) in [5, 5.41) is 3.19. The Bertz CT molecular complexity index is 459. The Balaban J connectivity index is 0.00000112. The van der Waals surface area contributed by atoms with Gasteiger partial charge in [0.15, 0.2) is 0 Å². The van der Waals surface area contributed by atoms with E-state index < -0.39 is 10.0 Å². The van der Waals surface area contributed by atoms with Crippen molar-refractivity contribution in [1.29, 1.82) is 0 Å². The molecule has 0 spiro atoms. The van der Waals surface area contributed by atoms with Crippen LogP contribution in [-0.2, 0) is 16.4 Å². The van der Waals surface area contributed by atoms with Crippen LogP contribution in [-0.4, -0.2) is 21.2 Å². The van der Waals surface area contributed by atoms with Gasteiger partial charge in [0.25, 0.3) is 0 Å². The van der Waals surface area contributed by atoms with E-state index >= 15 is 0 Å². The van der Waals surface area contributed by atoms with Crippen LogP contribution in [0.4, 0.5) is 11.4 Å². The molecule has 15 heavy (non-hydrogen) atoms. The molecule has 2 rings (SSSR count). The number of anilines is 2. The Hall–Kier alpha value is -0.940. The van der Waals surface area contributed by atoms with Crippen molar-refractivity contribution in [3.8, 4) is 0 Å². The molecule has 0 radical (unpaired) electrons. The highest BCUT2D eigenvalue weighted by Gasteiger charge is 2.10. The summed E-state index contributed by atoms with van der Waals surface area (Å²) in [6.45, 7) is 0.928. The summed E-state index contributed by atoms with van der Waals surface area (Å²) >= 11 is 0. The van der Waals surface area contributed by atoms with Crippen molar-refractivity contribution >= 4 is 33.8 Å². The van der Waals surface area contributed by atoms with Gasteiger partial charge < -0.3 is 5.32 Å². The van der Waals surface area contributed by atoms with E-state index in [2.05, 4.69) is 10.0 Å². The van der Waals surface area contributed by atoms with E-state index in [1.54, 1.807) is 6.07 Å². The molecule has 6 heteroatoms. The van der Waals surface area contributed by atoms with E-state index in [0.29, 0.717) is 5.69 Å². The molecule has 0 atom stereocenters. The monoisotopic (exact) mass is 248 g/mol. The van der Waals surface area contributed by atoms with Gasteiger partial charge in [-0.2, -0.15) is 0 Å². The second-order valence-corrected chi connectivity index (χ2v) is 5.17. The summed E-state index contributed by atoms with van der Waals surface area (Å²) in [5.41, 5.74) is 2.88. The average Bonchev–Trinajstić information content (AvgIpc) is 2.47. The van der Waals surface area contributed by atoms with Gasteiger partial charge in [-0.15, -0.1) is 12.4 Å². The van der Waals surface area contributed by atoms with Crippen LogP contribution < -0.4 is 10.0 Å². The molecule has 0 amide bonds. The Labute approximate surface area is 95.5 Å². The molecule has 0 aromatic heterocycles. The minimum Gasteiger partial charge on any atom is -0.384 e. The summed E-state index contributed by atoms with van der Waals surface area (Å²) in [6.07, 6.45) is 2.15. The van der Waals surface area contributed by atoms with Crippen molar-refractivity contribution in [3.63, 3.8) is 0 Å². The van der Waals surface area contributed by atoms with Crippen molar-refractivity contribution < 1.29 is 8.42 Å². The zero-order valence-electron chi connectivity index (χ0n) is 8.28. The molecule has 0 saturated carbocycles. The molecule has 1 aromatic rings. The maximum atomic E-state index is 11.0. The van der Waals surface area contributed by atoms with Gasteiger partial charge in [0, 0.05) is 12.2 Å². The van der Waals surface area contributed by atoms with Crippen LogP contribution in [0.5, 0.6) is 0 Å². The van der Waals surface area contributed by atoms with Crippen LogP contribution in [0, 0.1) is 0 Å². The molecule has 0 aliphatic carbocycles. The van der Waals surface area contributed by atoms with Gasteiger partial charge in [0.05, 0.1) is 11.9 Å². The number of sulfonamides is 1. The van der Waals surface area contributed by atoms with Crippen LogP contribution in [0.25, 0.3) is 0 Å². The molecule has 1 aromatic carbocycles. The smallest absolute Gasteiger partial charge is 0.229 e. The molecule has 4 nitrogen and oxygen atoms in total. The number of rotatable bonds is 2. The Kier molecular flexibility index (Phi) is 3.46. The highest BCUT2D eigenvalue weighted by atomic mass is 35.5. The van der Waals surface area contributed by atoms with E-state index in [0.717, 1.165) is 24.9 Å². The van der Waals surface area contributed by atoms with Gasteiger partial charge >= 0.3 is 0 Å². The van der Waals surface area contributed by atoms with E-state index in [4.69, 9.17) is 0 Å². The standard InChI is InChI=1S/C9H12N2O2S.ClH/c1-14(12,13)11-8-3-2-7-4-5-10-9(7)6-8;/h2-3,6,10-11H,4-5H2,1H3;1H. The van der Waals surface area contributed by atoms with Gasteiger partial charge in [-0.25, -0.2) is 8.42 Å². The largest absolute Gasteiger partial charge is 0.384 e. The fraction of sp³-hybridized carbons (Fsp3) is 0.333. The molecule has 1 aliphatic heterocycles.